The van der Waals surface area contributed by atoms with Gasteiger partial charge in [0, 0.05) is 12.6 Å². The van der Waals surface area contributed by atoms with Gasteiger partial charge in [0.25, 0.3) is 0 Å². The molecule has 3 nitrogen and oxygen atoms in total. The molecule has 3 heteroatoms. The van der Waals surface area contributed by atoms with E-state index in [0.717, 1.165) is 23.6 Å². The first-order valence-corrected chi connectivity index (χ1v) is 7.15. The van der Waals surface area contributed by atoms with E-state index >= 15 is 0 Å². The summed E-state index contributed by atoms with van der Waals surface area (Å²) in [4.78, 5) is 0. The van der Waals surface area contributed by atoms with Crippen molar-refractivity contribution >= 4 is 0 Å². The van der Waals surface area contributed by atoms with E-state index in [-0.39, 0.29) is 6.04 Å². The molecule has 112 valence electrons. The topological polar surface area (TPSA) is 30.5 Å². The second kappa shape index (κ2) is 7.14. The fraction of sp³-hybridized carbons (Fsp3) is 0.333. The molecule has 0 amide bonds. The van der Waals surface area contributed by atoms with Gasteiger partial charge in [0.2, 0.25) is 0 Å². The highest BCUT2D eigenvalue weighted by molar-refractivity contribution is 5.36. The number of aryl methyl sites for hydroxylation is 1. The lowest BCUT2D eigenvalue weighted by molar-refractivity contribution is 0.411. The maximum atomic E-state index is 5.29. The molecule has 0 spiro atoms. The molecule has 2 aromatic rings. The molecule has 0 aromatic heterocycles. The molecule has 2 aromatic carbocycles. The smallest absolute Gasteiger partial charge is 0.121 e. The SMILES string of the molecule is COc1cccc([C@@H](C)NCc2ccc(OC)c(C)c2)c1. The molecule has 0 unspecified atom stereocenters. The predicted molar refractivity (Wildman–Crippen MR) is 86.0 cm³/mol. The summed E-state index contributed by atoms with van der Waals surface area (Å²) in [7, 11) is 3.39. The predicted octanol–water partition coefficient (Wildman–Crippen LogP) is 3.86. The average molecular weight is 285 g/mol. The lowest BCUT2D eigenvalue weighted by Gasteiger charge is -2.16. The molecule has 0 aliphatic carbocycles. The molecular formula is C18H23NO2. The minimum atomic E-state index is 0.266. The van der Waals surface area contributed by atoms with Crippen molar-refractivity contribution in [1.82, 2.24) is 5.32 Å². The van der Waals surface area contributed by atoms with Crippen molar-refractivity contribution in [2.24, 2.45) is 0 Å². The minimum Gasteiger partial charge on any atom is -0.497 e. The van der Waals surface area contributed by atoms with Crippen LogP contribution in [-0.2, 0) is 6.54 Å². The van der Waals surface area contributed by atoms with Crippen LogP contribution in [0, 0.1) is 6.92 Å². The Morgan fingerprint density at radius 3 is 2.52 bits per heavy atom. The van der Waals surface area contributed by atoms with Gasteiger partial charge in [0.1, 0.15) is 11.5 Å². The Balaban J connectivity index is 2.00. The van der Waals surface area contributed by atoms with Crippen molar-refractivity contribution in [3.63, 3.8) is 0 Å². The highest BCUT2D eigenvalue weighted by atomic mass is 16.5. The standard InChI is InChI=1S/C18H23NO2/c1-13-10-15(8-9-18(13)21-4)12-19-14(2)16-6-5-7-17(11-16)20-3/h5-11,14,19H,12H2,1-4H3/t14-/m1/s1. The van der Waals surface area contributed by atoms with Crippen molar-refractivity contribution in [1.29, 1.82) is 0 Å². The molecule has 1 atom stereocenters. The van der Waals surface area contributed by atoms with E-state index in [1.807, 2.05) is 18.2 Å². The average Bonchev–Trinajstić information content (AvgIpc) is 2.52. The Morgan fingerprint density at radius 1 is 1.05 bits per heavy atom. The Kier molecular flexibility index (Phi) is 5.23. The fourth-order valence-corrected chi connectivity index (χ4v) is 2.35. The highest BCUT2D eigenvalue weighted by Gasteiger charge is 2.07. The summed E-state index contributed by atoms with van der Waals surface area (Å²) in [5, 5.41) is 3.53. The van der Waals surface area contributed by atoms with E-state index in [2.05, 4.69) is 43.4 Å². The van der Waals surface area contributed by atoms with E-state index in [9.17, 15) is 0 Å². The first-order chi connectivity index (χ1) is 10.1. The summed E-state index contributed by atoms with van der Waals surface area (Å²) in [6.45, 7) is 5.04. The van der Waals surface area contributed by atoms with Gasteiger partial charge < -0.3 is 14.8 Å². The van der Waals surface area contributed by atoms with E-state index in [0.29, 0.717) is 0 Å². The summed E-state index contributed by atoms with van der Waals surface area (Å²) < 4.78 is 10.6. The highest BCUT2D eigenvalue weighted by Crippen LogP contribution is 2.21. The zero-order valence-electron chi connectivity index (χ0n) is 13.1. The molecule has 1 N–H and O–H groups in total. The molecule has 0 aliphatic rings. The van der Waals surface area contributed by atoms with Crippen LogP contribution in [0.5, 0.6) is 11.5 Å². The number of methoxy groups -OCH3 is 2. The van der Waals surface area contributed by atoms with Crippen LogP contribution in [0.3, 0.4) is 0 Å². The quantitative estimate of drug-likeness (QED) is 0.874. The Labute approximate surface area is 126 Å². The lowest BCUT2D eigenvalue weighted by Crippen LogP contribution is -2.18. The number of nitrogens with one attached hydrogen (secondary N) is 1. The Bertz CT molecular complexity index is 596. The first-order valence-electron chi connectivity index (χ1n) is 7.15. The zero-order valence-corrected chi connectivity index (χ0v) is 13.1. The number of ether oxygens (including phenoxy) is 2. The Hall–Kier alpha value is -2.00. The largest absolute Gasteiger partial charge is 0.497 e. The van der Waals surface area contributed by atoms with Crippen molar-refractivity contribution < 1.29 is 9.47 Å². The molecule has 0 fully saturated rings. The summed E-state index contributed by atoms with van der Waals surface area (Å²) in [6.07, 6.45) is 0. The van der Waals surface area contributed by atoms with Crippen LogP contribution in [0.1, 0.15) is 29.7 Å². The third kappa shape index (κ3) is 3.99. The van der Waals surface area contributed by atoms with Crippen molar-refractivity contribution in [3.05, 3.63) is 59.2 Å². The van der Waals surface area contributed by atoms with Crippen molar-refractivity contribution in [2.75, 3.05) is 14.2 Å². The summed E-state index contributed by atoms with van der Waals surface area (Å²) in [6, 6.07) is 14.7. The molecule has 0 saturated heterocycles. The van der Waals surface area contributed by atoms with Gasteiger partial charge in [-0.15, -0.1) is 0 Å². The summed E-state index contributed by atoms with van der Waals surface area (Å²) >= 11 is 0. The molecule has 0 heterocycles. The summed E-state index contributed by atoms with van der Waals surface area (Å²) in [5.74, 6) is 1.82. The minimum absolute atomic E-state index is 0.266. The van der Waals surface area contributed by atoms with Gasteiger partial charge in [-0.05, 0) is 48.7 Å². The Morgan fingerprint density at radius 2 is 1.86 bits per heavy atom. The first kappa shape index (κ1) is 15.4. The van der Waals surface area contributed by atoms with Crippen LogP contribution in [0.15, 0.2) is 42.5 Å². The van der Waals surface area contributed by atoms with Crippen LogP contribution in [0.2, 0.25) is 0 Å². The van der Waals surface area contributed by atoms with Crippen LogP contribution in [-0.4, -0.2) is 14.2 Å². The molecule has 0 aliphatic heterocycles. The van der Waals surface area contributed by atoms with Crippen LogP contribution >= 0.6 is 0 Å². The lowest BCUT2D eigenvalue weighted by atomic mass is 10.1. The fourth-order valence-electron chi connectivity index (χ4n) is 2.35. The molecule has 0 radical (unpaired) electrons. The van der Waals surface area contributed by atoms with Gasteiger partial charge in [-0.25, -0.2) is 0 Å². The third-order valence-corrected chi connectivity index (χ3v) is 3.67. The van der Waals surface area contributed by atoms with Crippen LogP contribution < -0.4 is 14.8 Å². The van der Waals surface area contributed by atoms with Crippen LogP contribution in [0.4, 0.5) is 0 Å². The van der Waals surface area contributed by atoms with E-state index in [1.54, 1.807) is 14.2 Å². The van der Waals surface area contributed by atoms with Gasteiger partial charge in [-0.1, -0.05) is 24.3 Å². The van der Waals surface area contributed by atoms with Gasteiger partial charge in [0.05, 0.1) is 14.2 Å². The monoisotopic (exact) mass is 285 g/mol. The van der Waals surface area contributed by atoms with Gasteiger partial charge in [-0.2, -0.15) is 0 Å². The van der Waals surface area contributed by atoms with Crippen molar-refractivity contribution in [3.8, 4) is 11.5 Å². The molecular weight excluding hydrogens is 262 g/mol. The van der Waals surface area contributed by atoms with E-state index in [4.69, 9.17) is 9.47 Å². The van der Waals surface area contributed by atoms with Crippen LogP contribution in [0.25, 0.3) is 0 Å². The van der Waals surface area contributed by atoms with E-state index < -0.39 is 0 Å². The van der Waals surface area contributed by atoms with Gasteiger partial charge in [0.15, 0.2) is 0 Å². The third-order valence-electron chi connectivity index (χ3n) is 3.67. The molecule has 21 heavy (non-hydrogen) atoms. The second-order valence-corrected chi connectivity index (χ2v) is 5.18. The van der Waals surface area contributed by atoms with Crippen molar-refractivity contribution in [2.45, 2.75) is 26.4 Å². The molecule has 2 rings (SSSR count). The normalized spacial score (nSPS) is 12.0. The number of hydrogen-bond acceptors (Lipinski definition) is 3. The number of benzene rings is 2. The number of rotatable bonds is 6. The maximum absolute atomic E-state index is 5.29. The summed E-state index contributed by atoms with van der Waals surface area (Å²) in [5.41, 5.74) is 3.63. The zero-order chi connectivity index (χ0) is 15.2. The molecule has 0 saturated carbocycles. The second-order valence-electron chi connectivity index (χ2n) is 5.18. The van der Waals surface area contributed by atoms with Gasteiger partial charge in [-0.3, -0.25) is 0 Å². The molecule has 0 bridgehead atoms. The maximum Gasteiger partial charge on any atom is 0.121 e. The van der Waals surface area contributed by atoms with Gasteiger partial charge >= 0.3 is 0 Å². The number of hydrogen-bond donors (Lipinski definition) is 1. The van der Waals surface area contributed by atoms with E-state index in [1.165, 1.54) is 11.1 Å².